The summed E-state index contributed by atoms with van der Waals surface area (Å²) in [5, 5.41) is 0.339. The SMILES string of the molecule is CC(Cl)c1nc2ccc(Cl)cc2n1-c1ccc(F)cc1I. The smallest absolute Gasteiger partial charge is 0.132 e. The van der Waals surface area contributed by atoms with Crippen LogP contribution in [0.25, 0.3) is 16.7 Å². The molecule has 0 radical (unpaired) electrons. The first-order valence-corrected chi connectivity index (χ1v) is 8.14. The number of hydrogen-bond donors (Lipinski definition) is 0. The molecule has 2 aromatic carbocycles. The van der Waals surface area contributed by atoms with Crippen LogP contribution in [0.3, 0.4) is 0 Å². The molecule has 0 aliphatic heterocycles. The van der Waals surface area contributed by atoms with Gasteiger partial charge >= 0.3 is 0 Å². The Labute approximate surface area is 145 Å². The summed E-state index contributed by atoms with van der Waals surface area (Å²) in [5.41, 5.74) is 2.50. The third-order valence-corrected chi connectivity index (χ3v) is 4.44. The molecular weight excluding hydrogens is 425 g/mol. The largest absolute Gasteiger partial charge is 0.294 e. The Balaban J connectivity index is 2.38. The molecule has 3 aromatic rings. The van der Waals surface area contributed by atoms with Crippen molar-refractivity contribution in [3.63, 3.8) is 0 Å². The first kappa shape index (κ1) is 15.1. The Hall–Kier alpha value is -0.850. The monoisotopic (exact) mass is 434 g/mol. The number of nitrogens with zero attached hydrogens (tertiary/aromatic N) is 2. The quantitative estimate of drug-likeness (QED) is 0.372. The van der Waals surface area contributed by atoms with Gasteiger partial charge in [0.1, 0.15) is 11.6 Å². The zero-order valence-electron chi connectivity index (χ0n) is 10.9. The normalized spacial score (nSPS) is 12.8. The van der Waals surface area contributed by atoms with E-state index in [2.05, 4.69) is 27.6 Å². The molecule has 0 fully saturated rings. The summed E-state index contributed by atoms with van der Waals surface area (Å²) in [7, 11) is 0. The molecule has 2 nitrogen and oxygen atoms in total. The van der Waals surface area contributed by atoms with Gasteiger partial charge in [-0.3, -0.25) is 4.57 Å². The van der Waals surface area contributed by atoms with Crippen LogP contribution in [0.2, 0.25) is 5.02 Å². The molecule has 0 saturated carbocycles. The van der Waals surface area contributed by atoms with Gasteiger partial charge in [0.15, 0.2) is 0 Å². The summed E-state index contributed by atoms with van der Waals surface area (Å²) in [6.07, 6.45) is 0. The lowest BCUT2D eigenvalue weighted by atomic mass is 10.2. The average Bonchev–Trinajstić information content (AvgIpc) is 2.77. The molecule has 1 heterocycles. The maximum absolute atomic E-state index is 13.3. The summed E-state index contributed by atoms with van der Waals surface area (Å²) >= 11 is 14.5. The van der Waals surface area contributed by atoms with Gasteiger partial charge in [0.25, 0.3) is 0 Å². The highest BCUT2D eigenvalue weighted by Gasteiger charge is 2.18. The highest BCUT2D eigenvalue weighted by Crippen LogP contribution is 2.31. The molecule has 6 heteroatoms. The van der Waals surface area contributed by atoms with E-state index in [9.17, 15) is 4.39 Å². The summed E-state index contributed by atoms with van der Waals surface area (Å²) in [4.78, 5) is 4.57. The number of imidazole rings is 1. The van der Waals surface area contributed by atoms with Gasteiger partial charge in [0.2, 0.25) is 0 Å². The number of fused-ring (bicyclic) bond motifs is 1. The lowest BCUT2D eigenvalue weighted by Crippen LogP contribution is -2.04. The average molecular weight is 435 g/mol. The molecule has 0 spiro atoms. The van der Waals surface area contributed by atoms with E-state index in [1.807, 2.05) is 23.6 Å². The van der Waals surface area contributed by atoms with Crippen molar-refractivity contribution in [2.45, 2.75) is 12.3 Å². The summed E-state index contributed by atoms with van der Waals surface area (Å²) in [5.74, 6) is 0.435. The van der Waals surface area contributed by atoms with E-state index in [0.717, 1.165) is 20.3 Å². The van der Waals surface area contributed by atoms with Gasteiger partial charge in [-0.05, 0) is 65.9 Å². The molecule has 0 aliphatic carbocycles. The molecular formula is C15H10Cl2FIN2. The van der Waals surface area contributed by atoms with Gasteiger partial charge in [-0.25, -0.2) is 9.37 Å². The molecule has 0 aliphatic rings. The topological polar surface area (TPSA) is 17.8 Å². The first-order valence-electron chi connectivity index (χ1n) is 6.25. The predicted molar refractivity (Wildman–Crippen MR) is 93.0 cm³/mol. The summed E-state index contributed by atoms with van der Waals surface area (Å²) < 4.78 is 16.1. The van der Waals surface area contributed by atoms with Gasteiger partial charge in [-0.1, -0.05) is 11.6 Å². The van der Waals surface area contributed by atoms with Crippen molar-refractivity contribution in [2.24, 2.45) is 0 Å². The highest BCUT2D eigenvalue weighted by atomic mass is 127. The Morgan fingerprint density at radius 3 is 2.67 bits per heavy atom. The van der Waals surface area contributed by atoms with Crippen LogP contribution in [0.1, 0.15) is 18.1 Å². The van der Waals surface area contributed by atoms with Gasteiger partial charge in [-0.15, -0.1) is 11.6 Å². The van der Waals surface area contributed by atoms with Crippen molar-refractivity contribution in [1.29, 1.82) is 0 Å². The predicted octanol–water partition coefficient (Wildman–Crippen LogP) is 5.72. The number of alkyl halides is 1. The zero-order valence-corrected chi connectivity index (χ0v) is 14.6. The summed E-state index contributed by atoms with van der Waals surface area (Å²) in [6, 6.07) is 10.1. The number of aromatic nitrogens is 2. The molecule has 0 amide bonds. The second kappa shape index (κ2) is 5.74. The number of hydrogen-bond acceptors (Lipinski definition) is 1. The Morgan fingerprint density at radius 1 is 1.24 bits per heavy atom. The second-order valence-electron chi connectivity index (χ2n) is 4.65. The van der Waals surface area contributed by atoms with E-state index < -0.39 is 0 Å². The third kappa shape index (κ3) is 2.76. The van der Waals surface area contributed by atoms with E-state index in [-0.39, 0.29) is 11.2 Å². The Morgan fingerprint density at radius 2 is 2.00 bits per heavy atom. The van der Waals surface area contributed by atoms with Crippen molar-refractivity contribution >= 4 is 56.8 Å². The first-order chi connectivity index (χ1) is 9.97. The minimum absolute atomic E-state index is 0.272. The van der Waals surface area contributed by atoms with E-state index >= 15 is 0 Å². The van der Waals surface area contributed by atoms with Gasteiger partial charge < -0.3 is 0 Å². The fourth-order valence-corrected chi connectivity index (χ4v) is 3.28. The van der Waals surface area contributed by atoms with Crippen molar-refractivity contribution in [3.8, 4) is 5.69 Å². The number of halogens is 4. The van der Waals surface area contributed by atoms with Gasteiger partial charge in [0, 0.05) is 8.59 Å². The van der Waals surface area contributed by atoms with Gasteiger partial charge in [0.05, 0.1) is 22.1 Å². The molecule has 0 N–H and O–H groups in total. The maximum atomic E-state index is 13.3. The van der Waals surface area contributed by atoms with E-state index in [4.69, 9.17) is 23.2 Å². The third-order valence-electron chi connectivity index (χ3n) is 3.15. The van der Waals surface area contributed by atoms with Crippen LogP contribution in [-0.2, 0) is 0 Å². The Bertz CT molecular complexity index is 830. The molecule has 0 bridgehead atoms. The van der Waals surface area contributed by atoms with Crippen molar-refractivity contribution in [3.05, 3.63) is 56.6 Å². The van der Waals surface area contributed by atoms with E-state index in [0.29, 0.717) is 10.8 Å². The minimum atomic E-state index is -0.281. The van der Waals surface area contributed by atoms with Crippen LogP contribution in [0.15, 0.2) is 36.4 Å². The lowest BCUT2D eigenvalue weighted by molar-refractivity contribution is 0.626. The molecule has 1 atom stereocenters. The summed E-state index contributed by atoms with van der Waals surface area (Å²) in [6.45, 7) is 1.86. The highest BCUT2D eigenvalue weighted by molar-refractivity contribution is 14.1. The van der Waals surface area contributed by atoms with Crippen molar-refractivity contribution < 1.29 is 4.39 Å². The molecule has 1 aromatic heterocycles. The number of benzene rings is 2. The molecule has 0 saturated heterocycles. The molecule has 108 valence electrons. The van der Waals surface area contributed by atoms with Crippen LogP contribution >= 0.6 is 45.8 Å². The standard InChI is InChI=1S/C15H10Cl2FIN2/c1-8(16)15-20-12-4-2-9(17)6-14(12)21(15)13-5-3-10(18)7-11(13)19/h2-8H,1H3. The Kier molecular flexibility index (Phi) is 4.12. The molecule has 21 heavy (non-hydrogen) atoms. The van der Waals surface area contributed by atoms with E-state index in [1.54, 1.807) is 12.1 Å². The maximum Gasteiger partial charge on any atom is 0.132 e. The van der Waals surface area contributed by atoms with Crippen molar-refractivity contribution in [1.82, 2.24) is 9.55 Å². The molecule has 1 unspecified atom stereocenters. The van der Waals surface area contributed by atoms with Crippen molar-refractivity contribution in [2.75, 3.05) is 0 Å². The van der Waals surface area contributed by atoms with E-state index in [1.165, 1.54) is 12.1 Å². The van der Waals surface area contributed by atoms with Crippen LogP contribution in [0, 0.1) is 9.39 Å². The minimum Gasteiger partial charge on any atom is -0.294 e. The lowest BCUT2D eigenvalue weighted by Gasteiger charge is -2.12. The van der Waals surface area contributed by atoms with Crippen LogP contribution < -0.4 is 0 Å². The zero-order chi connectivity index (χ0) is 15.1. The number of rotatable bonds is 2. The van der Waals surface area contributed by atoms with Gasteiger partial charge in [-0.2, -0.15) is 0 Å². The fraction of sp³-hybridized carbons (Fsp3) is 0.133. The second-order valence-corrected chi connectivity index (χ2v) is 6.90. The fourth-order valence-electron chi connectivity index (χ4n) is 2.25. The molecule has 3 rings (SSSR count). The van der Waals surface area contributed by atoms with Crippen LogP contribution in [0.4, 0.5) is 4.39 Å². The van der Waals surface area contributed by atoms with Crippen LogP contribution in [0.5, 0.6) is 0 Å². The van der Waals surface area contributed by atoms with Crippen LogP contribution in [-0.4, -0.2) is 9.55 Å².